The maximum atomic E-state index is 13.2. The predicted octanol–water partition coefficient (Wildman–Crippen LogP) is 2.41. The van der Waals surface area contributed by atoms with Crippen LogP contribution >= 0.6 is 0 Å². The van der Waals surface area contributed by atoms with Gasteiger partial charge in [0.2, 0.25) is 5.91 Å². The van der Waals surface area contributed by atoms with Crippen LogP contribution in [0.1, 0.15) is 36.3 Å². The molecule has 7 heteroatoms. The summed E-state index contributed by atoms with van der Waals surface area (Å²) in [5, 5.41) is 8.14. The third kappa shape index (κ3) is 4.17. The molecule has 1 heterocycles. The summed E-state index contributed by atoms with van der Waals surface area (Å²) in [5.74, 6) is 0.0611. The van der Waals surface area contributed by atoms with Crippen LogP contribution < -0.4 is 16.0 Å². The number of halogens is 1. The molecule has 0 aliphatic heterocycles. The topological polar surface area (TPSA) is 83.4 Å². The maximum Gasteiger partial charge on any atom is 0.315 e. The van der Waals surface area contributed by atoms with E-state index in [4.69, 9.17) is 4.42 Å². The monoisotopic (exact) mass is 345 g/mol. The molecule has 1 aromatic carbocycles. The lowest BCUT2D eigenvalue weighted by Crippen LogP contribution is -2.48. The van der Waals surface area contributed by atoms with Gasteiger partial charge >= 0.3 is 6.03 Å². The second-order valence-electron chi connectivity index (χ2n) is 6.07. The second kappa shape index (κ2) is 7.38. The highest BCUT2D eigenvalue weighted by Gasteiger charge is 2.25. The summed E-state index contributed by atoms with van der Waals surface area (Å²) in [6.07, 6.45) is 2.96. The third-order valence-corrected chi connectivity index (χ3v) is 4.25. The molecule has 2 atom stereocenters. The number of carbonyl (C=O) groups is 2. The van der Waals surface area contributed by atoms with E-state index in [0.29, 0.717) is 12.2 Å². The molecule has 3 amide bonds. The Morgan fingerprint density at radius 1 is 1.36 bits per heavy atom. The van der Waals surface area contributed by atoms with E-state index in [2.05, 4.69) is 16.0 Å². The van der Waals surface area contributed by atoms with Crippen molar-refractivity contribution < 1.29 is 18.4 Å². The highest BCUT2D eigenvalue weighted by atomic mass is 19.1. The average molecular weight is 345 g/mol. The van der Waals surface area contributed by atoms with E-state index < -0.39 is 12.1 Å². The molecule has 3 N–H and O–H groups in total. The molecular weight excluding hydrogens is 325 g/mol. The molecule has 132 valence electrons. The first-order valence-corrected chi connectivity index (χ1v) is 8.18. The molecule has 0 radical (unpaired) electrons. The van der Waals surface area contributed by atoms with Gasteiger partial charge in [0, 0.05) is 0 Å². The SMILES string of the molecule is C[C@H](NC(=O)N[C@@H]1CCc2cc(F)ccc21)C(=O)NCc1ccco1. The Morgan fingerprint density at radius 3 is 2.96 bits per heavy atom. The maximum absolute atomic E-state index is 13.2. The molecule has 0 spiro atoms. The van der Waals surface area contributed by atoms with Gasteiger partial charge in [-0.25, -0.2) is 9.18 Å². The van der Waals surface area contributed by atoms with E-state index >= 15 is 0 Å². The lowest BCUT2D eigenvalue weighted by molar-refractivity contribution is -0.122. The van der Waals surface area contributed by atoms with Crippen LogP contribution in [0.5, 0.6) is 0 Å². The summed E-state index contributed by atoms with van der Waals surface area (Å²) in [6.45, 7) is 1.87. The first-order chi connectivity index (χ1) is 12.0. The number of carbonyl (C=O) groups excluding carboxylic acids is 2. The van der Waals surface area contributed by atoms with Crippen molar-refractivity contribution >= 4 is 11.9 Å². The van der Waals surface area contributed by atoms with E-state index in [0.717, 1.165) is 17.5 Å². The molecule has 1 aliphatic carbocycles. The van der Waals surface area contributed by atoms with Gasteiger partial charge in [-0.1, -0.05) is 6.07 Å². The van der Waals surface area contributed by atoms with Crippen LogP contribution in [0.15, 0.2) is 41.0 Å². The van der Waals surface area contributed by atoms with Crippen molar-refractivity contribution in [1.82, 2.24) is 16.0 Å². The zero-order valence-electron chi connectivity index (χ0n) is 13.8. The van der Waals surface area contributed by atoms with Crippen LogP contribution in [-0.4, -0.2) is 18.0 Å². The van der Waals surface area contributed by atoms with Crippen LogP contribution in [0.4, 0.5) is 9.18 Å². The van der Waals surface area contributed by atoms with Gasteiger partial charge in [0.05, 0.1) is 18.8 Å². The lowest BCUT2D eigenvalue weighted by atomic mass is 10.1. The number of hydrogen-bond donors (Lipinski definition) is 3. The number of nitrogens with one attached hydrogen (secondary N) is 3. The van der Waals surface area contributed by atoms with Crippen LogP contribution in [0.2, 0.25) is 0 Å². The molecule has 0 saturated carbocycles. The fourth-order valence-electron chi connectivity index (χ4n) is 2.94. The van der Waals surface area contributed by atoms with E-state index in [1.807, 2.05) is 0 Å². The minimum atomic E-state index is -0.691. The van der Waals surface area contributed by atoms with Gasteiger partial charge in [0.25, 0.3) is 0 Å². The standard InChI is InChI=1S/C18H20FN3O3/c1-11(17(23)20-10-14-3-2-8-25-14)21-18(24)22-16-7-4-12-9-13(19)5-6-15(12)16/h2-3,5-6,8-9,11,16H,4,7,10H2,1H3,(H,20,23)(H2,21,22,24)/t11-,16+/m0/s1. The Morgan fingerprint density at radius 2 is 2.20 bits per heavy atom. The zero-order valence-corrected chi connectivity index (χ0v) is 13.8. The molecule has 1 aliphatic rings. The summed E-state index contributed by atoms with van der Waals surface area (Å²) in [6, 6.07) is 6.79. The van der Waals surface area contributed by atoms with Crippen molar-refractivity contribution in [2.45, 2.75) is 38.4 Å². The number of aryl methyl sites for hydroxylation is 1. The Balaban J connectivity index is 1.48. The molecule has 25 heavy (non-hydrogen) atoms. The van der Waals surface area contributed by atoms with E-state index in [9.17, 15) is 14.0 Å². The van der Waals surface area contributed by atoms with Crippen LogP contribution in [0.3, 0.4) is 0 Å². The number of furan rings is 1. The minimum absolute atomic E-state index is 0.172. The molecule has 0 fully saturated rings. The number of urea groups is 1. The van der Waals surface area contributed by atoms with Crippen LogP contribution in [-0.2, 0) is 17.8 Å². The number of amides is 3. The Kier molecular flexibility index (Phi) is 5.02. The first-order valence-electron chi connectivity index (χ1n) is 8.18. The number of benzene rings is 1. The zero-order chi connectivity index (χ0) is 17.8. The molecule has 0 saturated heterocycles. The second-order valence-corrected chi connectivity index (χ2v) is 6.07. The summed E-state index contributed by atoms with van der Waals surface area (Å²) in [7, 11) is 0. The van der Waals surface area contributed by atoms with Crippen molar-refractivity contribution in [1.29, 1.82) is 0 Å². The van der Waals surface area contributed by atoms with Gasteiger partial charge in [-0.05, 0) is 55.2 Å². The first kappa shape index (κ1) is 17.0. The van der Waals surface area contributed by atoms with Gasteiger partial charge in [-0.3, -0.25) is 4.79 Å². The van der Waals surface area contributed by atoms with Gasteiger partial charge in [0.15, 0.2) is 0 Å². The fourth-order valence-corrected chi connectivity index (χ4v) is 2.94. The molecule has 3 rings (SSSR count). The van der Waals surface area contributed by atoms with Crippen molar-refractivity contribution in [2.24, 2.45) is 0 Å². The highest BCUT2D eigenvalue weighted by molar-refractivity contribution is 5.86. The smallest absolute Gasteiger partial charge is 0.315 e. The highest BCUT2D eigenvalue weighted by Crippen LogP contribution is 2.31. The van der Waals surface area contributed by atoms with Crippen LogP contribution in [0, 0.1) is 5.82 Å². The Hall–Kier alpha value is -2.83. The minimum Gasteiger partial charge on any atom is -0.467 e. The van der Waals surface area contributed by atoms with Gasteiger partial charge in [0.1, 0.15) is 17.6 Å². The quantitative estimate of drug-likeness (QED) is 0.778. The van der Waals surface area contributed by atoms with Crippen molar-refractivity contribution in [3.05, 3.63) is 59.3 Å². The summed E-state index contributed by atoms with van der Waals surface area (Å²) >= 11 is 0. The number of fused-ring (bicyclic) bond motifs is 1. The van der Waals surface area contributed by atoms with Crippen molar-refractivity contribution in [3.8, 4) is 0 Å². The predicted molar refractivity (Wildman–Crippen MR) is 89.1 cm³/mol. The molecular formula is C18H20FN3O3. The Labute approximate surface area is 144 Å². The molecule has 2 aromatic rings. The van der Waals surface area contributed by atoms with E-state index in [1.54, 1.807) is 25.1 Å². The number of hydrogen-bond acceptors (Lipinski definition) is 3. The third-order valence-electron chi connectivity index (χ3n) is 4.25. The van der Waals surface area contributed by atoms with Gasteiger partial charge in [-0.2, -0.15) is 0 Å². The summed E-state index contributed by atoms with van der Waals surface area (Å²) in [5.41, 5.74) is 1.83. The Bertz CT molecular complexity index is 761. The molecule has 6 nitrogen and oxygen atoms in total. The normalized spacial score (nSPS) is 16.8. The fraction of sp³-hybridized carbons (Fsp3) is 0.333. The molecule has 1 aromatic heterocycles. The molecule has 0 unspecified atom stereocenters. The summed E-state index contributed by atoms with van der Waals surface area (Å²) in [4.78, 5) is 24.1. The lowest BCUT2D eigenvalue weighted by Gasteiger charge is -2.18. The van der Waals surface area contributed by atoms with Crippen molar-refractivity contribution in [2.75, 3.05) is 0 Å². The van der Waals surface area contributed by atoms with Crippen LogP contribution in [0.25, 0.3) is 0 Å². The van der Waals surface area contributed by atoms with Gasteiger partial charge < -0.3 is 20.4 Å². The molecule has 0 bridgehead atoms. The average Bonchev–Trinajstić information content (AvgIpc) is 3.22. The number of rotatable bonds is 5. The van der Waals surface area contributed by atoms with E-state index in [-0.39, 0.29) is 24.3 Å². The van der Waals surface area contributed by atoms with E-state index in [1.165, 1.54) is 18.4 Å². The van der Waals surface area contributed by atoms with Crippen molar-refractivity contribution in [3.63, 3.8) is 0 Å². The van der Waals surface area contributed by atoms with Gasteiger partial charge in [-0.15, -0.1) is 0 Å². The summed E-state index contributed by atoms with van der Waals surface area (Å²) < 4.78 is 18.4. The largest absolute Gasteiger partial charge is 0.467 e.